The van der Waals surface area contributed by atoms with Crippen LogP contribution in [0.1, 0.15) is 0 Å². The van der Waals surface area contributed by atoms with E-state index in [0.717, 1.165) is 0 Å². The van der Waals surface area contributed by atoms with Crippen LogP contribution < -0.4 is 5.32 Å². The number of nitrogens with one attached hydrogen (secondary N) is 1. The van der Waals surface area contributed by atoms with Crippen molar-refractivity contribution < 1.29 is 50.3 Å². The lowest BCUT2D eigenvalue weighted by Crippen LogP contribution is -2.65. The smallest absolute Gasteiger partial charge is 0.140 e. The predicted molar refractivity (Wildman–Crippen MR) is 104 cm³/mol. The van der Waals surface area contributed by atoms with Crippen molar-refractivity contribution in [2.24, 2.45) is 0 Å². The Morgan fingerprint density at radius 2 is 0.968 bits per heavy atom. The third-order valence-corrected chi connectivity index (χ3v) is 6.28. The molecular formula is C18H35N3O10. The van der Waals surface area contributed by atoms with Crippen molar-refractivity contribution in [2.45, 2.75) is 61.3 Å². The summed E-state index contributed by atoms with van der Waals surface area (Å²) in [5, 5.41) is 83.2. The van der Waals surface area contributed by atoms with Crippen LogP contribution in [0, 0.1) is 0 Å². The molecule has 182 valence electrons. The summed E-state index contributed by atoms with van der Waals surface area (Å²) in [5.41, 5.74) is 0. The molecule has 0 radical (unpaired) electrons. The Hall–Kier alpha value is -0.520. The van der Waals surface area contributed by atoms with Crippen LogP contribution in [-0.4, -0.2) is 164 Å². The first-order chi connectivity index (χ1) is 14.8. The first-order valence-electron chi connectivity index (χ1n) is 10.6. The zero-order valence-corrected chi connectivity index (χ0v) is 17.2. The molecule has 31 heavy (non-hydrogen) atoms. The molecule has 13 heteroatoms. The number of aliphatic hydroxyl groups is 8. The maximum atomic E-state index is 10.4. The van der Waals surface area contributed by atoms with E-state index in [9.17, 15) is 40.9 Å². The quantitative estimate of drug-likeness (QED) is 0.195. The molecule has 0 aliphatic carbocycles. The van der Waals surface area contributed by atoms with Crippen LogP contribution in [0.3, 0.4) is 0 Å². The van der Waals surface area contributed by atoms with E-state index in [-0.39, 0.29) is 0 Å². The predicted octanol–water partition coefficient (Wildman–Crippen LogP) is -6.21. The minimum atomic E-state index is -1.49. The van der Waals surface area contributed by atoms with Crippen LogP contribution in [0.2, 0.25) is 0 Å². The molecule has 0 bridgehead atoms. The first-order valence-corrected chi connectivity index (χ1v) is 10.6. The zero-order valence-electron chi connectivity index (χ0n) is 17.2. The molecule has 0 saturated carbocycles. The number of hydrogen-bond donors (Lipinski definition) is 9. The van der Waals surface area contributed by atoms with E-state index in [1.54, 1.807) is 9.80 Å². The second-order valence-electron chi connectivity index (χ2n) is 8.26. The maximum absolute atomic E-state index is 10.4. The third kappa shape index (κ3) is 5.35. The van der Waals surface area contributed by atoms with Gasteiger partial charge >= 0.3 is 0 Å². The van der Waals surface area contributed by atoms with E-state index in [0.29, 0.717) is 39.3 Å². The highest BCUT2D eigenvalue weighted by molar-refractivity contribution is 4.94. The summed E-state index contributed by atoms with van der Waals surface area (Å²) in [6, 6.07) is 0. The summed E-state index contributed by atoms with van der Waals surface area (Å²) in [5.74, 6) is 0. The van der Waals surface area contributed by atoms with Crippen LogP contribution in [0.5, 0.6) is 0 Å². The number of ether oxygens (including phenoxy) is 2. The van der Waals surface area contributed by atoms with Crippen molar-refractivity contribution in [3.05, 3.63) is 0 Å². The molecule has 3 heterocycles. The van der Waals surface area contributed by atoms with E-state index < -0.39 is 74.5 Å². The highest BCUT2D eigenvalue weighted by atomic mass is 16.6. The molecule has 10 atom stereocenters. The standard InChI is InChI=1S/C18H35N3O10/c22-7-9-11(24)13(26)15(28)17(30-9)20-3-1-19-2-4-21(6-5-20)18-16(29)14(27)12(25)10(8-23)31-18/h9-19,22-29H,1-8H2/t9-,10-,11-,12-,13+,14+,15-,16-,17?,18?/m1/s1. The van der Waals surface area contributed by atoms with Gasteiger partial charge in [-0.05, 0) is 0 Å². The van der Waals surface area contributed by atoms with Crippen molar-refractivity contribution >= 4 is 0 Å². The number of nitrogens with zero attached hydrogens (tertiary/aromatic N) is 2. The summed E-state index contributed by atoms with van der Waals surface area (Å²) >= 11 is 0. The van der Waals surface area contributed by atoms with Crippen molar-refractivity contribution in [3.8, 4) is 0 Å². The monoisotopic (exact) mass is 453 g/mol. The lowest BCUT2D eigenvalue weighted by molar-refractivity contribution is -0.272. The molecular weight excluding hydrogens is 418 g/mol. The van der Waals surface area contributed by atoms with Crippen LogP contribution in [0.4, 0.5) is 0 Å². The Kier molecular flexibility index (Phi) is 8.97. The van der Waals surface area contributed by atoms with E-state index >= 15 is 0 Å². The Morgan fingerprint density at radius 3 is 1.32 bits per heavy atom. The highest BCUT2D eigenvalue weighted by Crippen LogP contribution is 2.26. The van der Waals surface area contributed by atoms with Crippen molar-refractivity contribution in [3.63, 3.8) is 0 Å². The van der Waals surface area contributed by atoms with Gasteiger partial charge in [0.2, 0.25) is 0 Å². The molecule has 0 spiro atoms. The van der Waals surface area contributed by atoms with Crippen molar-refractivity contribution in [2.75, 3.05) is 52.5 Å². The summed E-state index contributed by atoms with van der Waals surface area (Å²) in [4.78, 5) is 3.50. The second-order valence-corrected chi connectivity index (χ2v) is 8.26. The Labute approximate surface area is 180 Å². The summed E-state index contributed by atoms with van der Waals surface area (Å²) in [6.45, 7) is 1.49. The van der Waals surface area contributed by atoms with Crippen molar-refractivity contribution in [1.29, 1.82) is 0 Å². The van der Waals surface area contributed by atoms with Gasteiger partial charge in [0.25, 0.3) is 0 Å². The molecule has 3 saturated heterocycles. The van der Waals surface area contributed by atoms with E-state index in [1.807, 2.05) is 0 Å². The molecule has 3 fully saturated rings. The molecule has 9 N–H and O–H groups in total. The Balaban J connectivity index is 1.72. The minimum Gasteiger partial charge on any atom is -0.394 e. The fourth-order valence-electron chi connectivity index (χ4n) is 4.33. The molecule has 0 aromatic rings. The van der Waals surface area contributed by atoms with Crippen LogP contribution in [0.15, 0.2) is 0 Å². The van der Waals surface area contributed by atoms with Crippen molar-refractivity contribution in [1.82, 2.24) is 15.1 Å². The highest BCUT2D eigenvalue weighted by Gasteiger charge is 2.47. The molecule has 0 amide bonds. The topological polar surface area (TPSA) is 199 Å². The van der Waals surface area contributed by atoms with Crippen LogP contribution in [-0.2, 0) is 9.47 Å². The average Bonchev–Trinajstić information content (AvgIpc) is 2.89. The van der Waals surface area contributed by atoms with Gasteiger partial charge in [-0.25, -0.2) is 0 Å². The number of rotatable bonds is 4. The van der Waals surface area contributed by atoms with Gasteiger partial charge in [0.1, 0.15) is 61.3 Å². The lowest BCUT2D eigenvalue weighted by atomic mass is 9.97. The fraction of sp³-hybridized carbons (Fsp3) is 1.00. The molecule has 2 unspecified atom stereocenters. The zero-order chi connectivity index (χ0) is 22.7. The largest absolute Gasteiger partial charge is 0.394 e. The molecule has 0 aromatic heterocycles. The van der Waals surface area contributed by atoms with Gasteiger partial charge in [-0.1, -0.05) is 0 Å². The second kappa shape index (κ2) is 11.1. The number of aliphatic hydroxyl groups excluding tert-OH is 8. The molecule has 3 aliphatic rings. The first kappa shape index (κ1) is 25.1. The third-order valence-electron chi connectivity index (χ3n) is 6.28. The average molecular weight is 453 g/mol. The maximum Gasteiger partial charge on any atom is 0.140 e. The minimum absolute atomic E-state index is 0.305. The molecule has 13 nitrogen and oxygen atoms in total. The summed E-state index contributed by atoms with van der Waals surface area (Å²) in [7, 11) is 0. The van der Waals surface area contributed by atoms with Gasteiger partial charge in [-0.3, -0.25) is 9.80 Å². The Morgan fingerprint density at radius 1 is 0.581 bits per heavy atom. The summed E-state index contributed by atoms with van der Waals surface area (Å²) < 4.78 is 11.3. The van der Waals surface area contributed by atoms with E-state index in [2.05, 4.69) is 5.32 Å². The summed E-state index contributed by atoms with van der Waals surface area (Å²) in [6.07, 6.45) is -12.7. The SMILES string of the molecule is OC[C@H]1OC(N2CCNCCN(C3O[C@H](CO)[C@@H](O)[C@H](O)[C@H]3O)CC2)[C@H](O)[C@@H](O)[C@@H]1O. The molecule has 0 aromatic carbocycles. The van der Waals surface area contributed by atoms with Gasteiger partial charge in [0.05, 0.1) is 13.2 Å². The number of hydrogen-bond acceptors (Lipinski definition) is 13. The van der Waals surface area contributed by atoms with Crippen LogP contribution in [0.25, 0.3) is 0 Å². The van der Waals surface area contributed by atoms with Gasteiger partial charge < -0.3 is 55.6 Å². The van der Waals surface area contributed by atoms with E-state index in [1.165, 1.54) is 0 Å². The van der Waals surface area contributed by atoms with E-state index in [4.69, 9.17) is 9.47 Å². The van der Waals surface area contributed by atoms with Crippen LogP contribution >= 0.6 is 0 Å². The Bertz CT molecular complexity index is 513. The van der Waals surface area contributed by atoms with Gasteiger partial charge in [-0.15, -0.1) is 0 Å². The van der Waals surface area contributed by atoms with Gasteiger partial charge in [0.15, 0.2) is 0 Å². The lowest BCUT2D eigenvalue weighted by Gasteiger charge is -2.46. The van der Waals surface area contributed by atoms with Gasteiger partial charge in [-0.2, -0.15) is 0 Å². The normalized spacial score (nSPS) is 46.8. The van der Waals surface area contributed by atoms with Gasteiger partial charge in [0, 0.05) is 39.3 Å². The molecule has 3 rings (SSSR count). The molecule has 3 aliphatic heterocycles. The fourth-order valence-corrected chi connectivity index (χ4v) is 4.33.